The van der Waals surface area contributed by atoms with E-state index in [2.05, 4.69) is 4.98 Å². The summed E-state index contributed by atoms with van der Waals surface area (Å²) in [6.45, 7) is 1.34. The van der Waals surface area contributed by atoms with Crippen molar-refractivity contribution in [3.8, 4) is 22.6 Å². The molecule has 0 fully saturated rings. The van der Waals surface area contributed by atoms with Crippen molar-refractivity contribution in [3.05, 3.63) is 131 Å². The summed E-state index contributed by atoms with van der Waals surface area (Å²) in [5.74, 6) is 1.08. The molecule has 8 heteroatoms. The number of anilines is 1. The first-order valence-electron chi connectivity index (χ1n) is 14.5. The molecule has 2 amide bonds. The second-order valence-electron chi connectivity index (χ2n) is 10.7. The largest absolute Gasteiger partial charge is 0.496 e. The molecule has 0 aliphatic carbocycles. The number of benzene rings is 3. The Kier molecular flexibility index (Phi) is 8.14. The summed E-state index contributed by atoms with van der Waals surface area (Å²) in [5, 5.41) is 0. The van der Waals surface area contributed by atoms with Crippen LogP contribution in [0.25, 0.3) is 11.1 Å². The maximum absolute atomic E-state index is 14.2. The number of hydrogen-bond acceptors (Lipinski definition) is 5. The highest BCUT2D eigenvalue weighted by atomic mass is 16.5. The van der Waals surface area contributed by atoms with Crippen molar-refractivity contribution >= 4 is 17.5 Å². The van der Waals surface area contributed by atoms with Gasteiger partial charge in [-0.1, -0.05) is 42.5 Å². The Morgan fingerprint density at radius 2 is 1.57 bits per heavy atom. The monoisotopic (exact) mass is 586 g/mol. The predicted octanol–water partition coefficient (Wildman–Crippen LogP) is 6.09. The molecule has 3 heterocycles. The summed E-state index contributed by atoms with van der Waals surface area (Å²) in [4.78, 5) is 35.7. The molecule has 0 bridgehead atoms. The molecule has 6 rings (SSSR count). The quantitative estimate of drug-likeness (QED) is 0.220. The number of pyridine rings is 1. The van der Waals surface area contributed by atoms with Crippen LogP contribution in [0.3, 0.4) is 0 Å². The lowest BCUT2D eigenvalue weighted by molar-refractivity contribution is 0.0785. The van der Waals surface area contributed by atoms with Gasteiger partial charge in [0.15, 0.2) is 0 Å². The zero-order chi connectivity index (χ0) is 30.6. The molecular formula is C36H34N4O4. The van der Waals surface area contributed by atoms with Gasteiger partial charge in [0.1, 0.15) is 17.2 Å². The van der Waals surface area contributed by atoms with E-state index in [-0.39, 0.29) is 11.8 Å². The van der Waals surface area contributed by atoms with Crippen molar-refractivity contribution in [1.82, 2.24) is 14.5 Å². The lowest BCUT2D eigenvalue weighted by Crippen LogP contribution is -2.31. The van der Waals surface area contributed by atoms with Gasteiger partial charge < -0.3 is 23.8 Å². The van der Waals surface area contributed by atoms with Gasteiger partial charge in [0.2, 0.25) is 0 Å². The third-order valence-corrected chi connectivity index (χ3v) is 8.09. The standard InChI is InChI=1S/C36H34N4O4/c1-38(21-19-27-11-8-9-20-37-27)36(42)32-18-16-28-24-40(31-13-6-4-10-26(31)23-39(28)32)35(41)25-15-17-30(34(22-25)44-3)29-12-5-7-14-33(29)43-2/h4-18,20,22H,19,21,23-24H2,1-3H3. The molecule has 0 atom stereocenters. The topological polar surface area (TPSA) is 76.9 Å². The molecule has 1 aliphatic heterocycles. The molecule has 0 saturated carbocycles. The average Bonchev–Trinajstić information content (AvgIpc) is 3.39. The third-order valence-electron chi connectivity index (χ3n) is 8.09. The normalized spacial score (nSPS) is 12.1. The lowest BCUT2D eigenvalue weighted by atomic mass is 10.0. The molecule has 3 aromatic carbocycles. The van der Waals surface area contributed by atoms with Crippen LogP contribution in [-0.2, 0) is 19.5 Å². The molecule has 5 aromatic rings. The number of aromatic nitrogens is 2. The number of amides is 2. The third kappa shape index (κ3) is 5.54. The van der Waals surface area contributed by atoms with Gasteiger partial charge in [0, 0.05) is 60.0 Å². The van der Waals surface area contributed by atoms with Gasteiger partial charge in [-0.25, -0.2) is 0 Å². The molecule has 0 unspecified atom stereocenters. The van der Waals surface area contributed by atoms with Crippen molar-refractivity contribution in [2.75, 3.05) is 32.7 Å². The Hall–Kier alpha value is -5.37. The van der Waals surface area contributed by atoms with E-state index < -0.39 is 0 Å². The van der Waals surface area contributed by atoms with E-state index in [1.807, 2.05) is 103 Å². The Morgan fingerprint density at radius 1 is 0.818 bits per heavy atom. The van der Waals surface area contributed by atoms with E-state index in [9.17, 15) is 9.59 Å². The zero-order valence-corrected chi connectivity index (χ0v) is 25.1. The van der Waals surface area contributed by atoms with Crippen LogP contribution < -0.4 is 14.4 Å². The highest BCUT2D eigenvalue weighted by Crippen LogP contribution is 2.38. The highest BCUT2D eigenvalue weighted by molar-refractivity contribution is 6.07. The smallest absolute Gasteiger partial charge is 0.270 e. The summed E-state index contributed by atoms with van der Waals surface area (Å²) < 4.78 is 13.3. The van der Waals surface area contributed by atoms with Crippen LogP contribution in [0.2, 0.25) is 0 Å². The van der Waals surface area contributed by atoms with E-state index in [1.54, 1.807) is 36.3 Å². The van der Waals surface area contributed by atoms with Gasteiger partial charge in [-0.2, -0.15) is 0 Å². The fourth-order valence-electron chi connectivity index (χ4n) is 5.72. The van der Waals surface area contributed by atoms with Crippen LogP contribution in [0.15, 0.2) is 103 Å². The number of fused-ring (bicyclic) bond motifs is 2. The Bertz CT molecular complexity index is 1810. The molecule has 0 saturated heterocycles. The Labute approximate surface area is 257 Å². The summed E-state index contributed by atoms with van der Waals surface area (Å²) in [7, 11) is 5.05. The van der Waals surface area contributed by atoms with E-state index in [1.165, 1.54) is 0 Å². The first-order chi connectivity index (χ1) is 21.5. The maximum atomic E-state index is 14.2. The summed E-state index contributed by atoms with van der Waals surface area (Å²) in [5.41, 5.74) is 6.41. The average molecular weight is 587 g/mol. The number of carbonyl (C=O) groups excluding carboxylic acids is 2. The number of carbonyl (C=O) groups is 2. The molecule has 0 radical (unpaired) electrons. The van der Waals surface area contributed by atoms with Crippen LogP contribution >= 0.6 is 0 Å². The molecule has 1 aliphatic rings. The summed E-state index contributed by atoms with van der Waals surface area (Å²) in [6, 6.07) is 30.7. The minimum atomic E-state index is -0.155. The molecular weight excluding hydrogens is 552 g/mol. The molecule has 0 N–H and O–H groups in total. The summed E-state index contributed by atoms with van der Waals surface area (Å²) >= 11 is 0. The van der Waals surface area contributed by atoms with Crippen LogP contribution in [0.5, 0.6) is 11.5 Å². The first-order valence-corrected chi connectivity index (χ1v) is 14.5. The molecule has 222 valence electrons. The van der Waals surface area contributed by atoms with Crippen molar-refractivity contribution in [2.45, 2.75) is 19.5 Å². The Morgan fingerprint density at radius 3 is 2.36 bits per heavy atom. The molecule has 0 spiro atoms. The zero-order valence-electron chi connectivity index (χ0n) is 25.1. The van der Waals surface area contributed by atoms with Gasteiger partial charge >= 0.3 is 0 Å². The van der Waals surface area contributed by atoms with Crippen molar-refractivity contribution in [1.29, 1.82) is 0 Å². The second kappa shape index (κ2) is 12.5. The van der Waals surface area contributed by atoms with Crippen LogP contribution in [0.1, 0.15) is 37.8 Å². The van der Waals surface area contributed by atoms with Gasteiger partial charge in [-0.3, -0.25) is 14.6 Å². The minimum absolute atomic E-state index is 0.0684. The molecule has 44 heavy (non-hydrogen) atoms. The predicted molar refractivity (Wildman–Crippen MR) is 170 cm³/mol. The SMILES string of the molecule is COc1ccccc1-c1ccc(C(=O)N2Cc3ccc(C(=O)N(C)CCc4ccccn4)n3Cc3ccccc32)cc1OC. The van der Waals surface area contributed by atoms with E-state index in [0.29, 0.717) is 43.1 Å². The van der Waals surface area contributed by atoms with Crippen molar-refractivity contribution in [3.63, 3.8) is 0 Å². The number of para-hydroxylation sites is 2. The van der Waals surface area contributed by atoms with Gasteiger partial charge in [0.05, 0.1) is 27.3 Å². The van der Waals surface area contributed by atoms with Crippen LogP contribution in [0.4, 0.5) is 5.69 Å². The lowest BCUT2D eigenvalue weighted by Gasteiger charge is -2.23. The van der Waals surface area contributed by atoms with Crippen LogP contribution in [0, 0.1) is 0 Å². The van der Waals surface area contributed by atoms with Gasteiger partial charge in [-0.05, 0) is 60.2 Å². The number of methoxy groups -OCH3 is 2. The summed E-state index contributed by atoms with van der Waals surface area (Å²) in [6.07, 6.45) is 2.43. The fraction of sp³-hybridized carbons (Fsp3) is 0.194. The van der Waals surface area contributed by atoms with Crippen molar-refractivity contribution < 1.29 is 19.1 Å². The van der Waals surface area contributed by atoms with Crippen molar-refractivity contribution in [2.24, 2.45) is 0 Å². The molecule has 8 nitrogen and oxygen atoms in total. The number of likely N-dealkylation sites (N-methyl/N-ethyl adjacent to an activating group) is 1. The first kappa shape index (κ1) is 28.7. The van der Waals surface area contributed by atoms with E-state index in [4.69, 9.17) is 9.47 Å². The fourth-order valence-corrected chi connectivity index (χ4v) is 5.72. The Balaban J connectivity index is 1.30. The van der Waals surface area contributed by atoms with E-state index in [0.717, 1.165) is 39.5 Å². The number of ether oxygens (including phenoxy) is 2. The number of hydrogen-bond donors (Lipinski definition) is 0. The number of rotatable bonds is 8. The van der Waals surface area contributed by atoms with E-state index >= 15 is 0 Å². The van der Waals surface area contributed by atoms with Gasteiger partial charge in [0.25, 0.3) is 11.8 Å². The molecule has 2 aromatic heterocycles. The van der Waals surface area contributed by atoms with Crippen LogP contribution in [-0.4, -0.2) is 54.1 Å². The second-order valence-corrected chi connectivity index (χ2v) is 10.7. The highest BCUT2D eigenvalue weighted by Gasteiger charge is 2.28. The van der Waals surface area contributed by atoms with Gasteiger partial charge in [-0.15, -0.1) is 0 Å². The maximum Gasteiger partial charge on any atom is 0.270 e. The minimum Gasteiger partial charge on any atom is -0.496 e. The number of nitrogens with zero attached hydrogens (tertiary/aromatic N) is 4.